The first kappa shape index (κ1) is 24.1. The van der Waals surface area contributed by atoms with Crippen LogP contribution in [0, 0.1) is 17.6 Å². The van der Waals surface area contributed by atoms with Crippen LogP contribution in [0.1, 0.15) is 39.2 Å². The molecule has 0 atom stereocenters. The van der Waals surface area contributed by atoms with Crippen molar-refractivity contribution in [3.8, 4) is 0 Å². The first-order valence-electron chi connectivity index (χ1n) is 9.69. The SMILES string of the molecule is CCNC(=NCCc1cc(F)ccc1F)NC1CCN(CC(C)C)CC1.I. The van der Waals surface area contributed by atoms with Gasteiger partial charge in [0.15, 0.2) is 5.96 Å². The molecule has 1 aliphatic rings. The first-order valence-corrected chi connectivity index (χ1v) is 9.69. The van der Waals surface area contributed by atoms with E-state index in [-0.39, 0.29) is 29.8 Å². The van der Waals surface area contributed by atoms with Gasteiger partial charge in [-0.2, -0.15) is 0 Å². The highest BCUT2D eigenvalue weighted by molar-refractivity contribution is 14.0. The van der Waals surface area contributed by atoms with Crippen LogP contribution in [0.2, 0.25) is 0 Å². The van der Waals surface area contributed by atoms with Crippen LogP contribution in [0.25, 0.3) is 0 Å². The lowest BCUT2D eigenvalue weighted by Gasteiger charge is -2.34. The minimum atomic E-state index is -0.413. The topological polar surface area (TPSA) is 39.7 Å². The van der Waals surface area contributed by atoms with Gasteiger partial charge in [-0.25, -0.2) is 8.78 Å². The van der Waals surface area contributed by atoms with Crippen LogP contribution < -0.4 is 10.6 Å². The molecule has 27 heavy (non-hydrogen) atoms. The lowest BCUT2D eigenvalue weighted by Crippen LogP contribution is -2.49. The van der Waals surface area contributed by atoms with Crippen molar-refractivity contribution in [3.05, 3.63) is 35.4 Å². The number of rotatable bonds is 7. The molecule has 0 aliphatic carbocycles. The Morgan fingerprint density at radius 2 is 1.96 bits per heavy atom. The number of guanidine groups is 1. The van der Waals surface area contributed by atoms with E-state index < -0.39 is 5.82 Å². The fourth-order valence-corrected chi connectivity index (χ4v) is 3.31. The number of nitrogens with one attached hydrogen (secondary N) is 2. The molecular formula is C20H33F2IN4. The Morgan fingerprint density at radius 3 is 2.59 bits per heavy atom. The number of benzene rings is 1. The Bertz CT molecular complexity index is 587. The highest BCUT2D eigenvalue weighted by Crippen LogP contribution is 2.12. The molecule has 1 heterocycles. The molecule has 1 saturated heterocycles. The zero-order valence-corrected chi connectivity index (χ0v) is 18.9. The first-order chi connectivity index (χ1) is 12.5. The Balaban J connectivity index is 0.00000364. The number of nitrogens with zero attached hydrogens (tertiary/aromatic N) is 2. The summed E-state index contributed by atoms with van der Waals surface area (Å²) in [5.41, 5.74) is 0.367. The third kappa shape index (κ3) is 8.72. The van der Waals surface area contributed by atoms with Crippen molar-refractivity contribution in [2.45, 2.75) is 46.1 Å². The lowest BCUT2D eigenvalue weighted by molar-refractivity contribution is 0.187. The van der Waals surface area contributed by atoms with Crippen LogP contribution in [0.4, 0.5) is 8.78 Å². The summed E-state index contributed by atoms with van der Waals surface area (Å²) in [6, 6.07) is 3.96. The summed E-state index contributed by atoms with van der Waals surface area (Å²) in [5, 5.41) is 6.73. The Morgan fingerprint density at radius 1 is 1.26 bits per heavy atom. The van der Waals surface area contributed by atoms with Crippen molar-refractivity contribution in [2.24, 2.45) is 10.9 Å². The molecule has 7 heteroatoms. The van der Waals surface area contributed by atoms with Crippen molar-refractivity contribution < 1.29 is 8.78 Å². The zero-order chi connectivity index (χ0) is 18.9. The summed E-state index contributed by atoms with van der Waals surface area (Å²) in [6.07, 6.45) is 2.57. The van der Waals surface area contributed by atoms with Crippen LogP contribution in [-0.4, -0.2) is 49.6 Å². The van der Waals surface area contributed by atoms with Gasteiger partial charge in [0.25, 0.3) is 0 Å². The molecule has 1 aromatic carbocycles. The second-order valence-corrected chi connectivity index (χ2v) is 7.36. The van der Waals surface area contributed by atoms with E-state index in [0.29, 0.717) is 30.5 Å². The smallest absolute Gasteiger partial charge is 0.191 e. The summed E-state index contributed by atoms with van der Waals surface area (Å²) in [6.45, 7) is 11.1. The van der Waals surface area contributed by atoms with Gasteiger partial charge in [-0.3, -0.25) is 4.99 Å². The molecule has 0 radical (unpaired) electrons. The van der Waals surface area contributed by atoms with Crippen LogP contribution >= 0.6 is 24.0 Å². The molecule has 154 valence electrons. The lowest BCUT2D eigenvalue weighted by atomic mass is 10.0. The van der Waals surface area contributed by atoms with Gasteiger partial charge >= 0.3 is 0 Å². The van der Waals surface area contributed by atoms with Gasteiger partial charge in [0, 0.05) is 38.8 Å². The van der Waals surface area contributed by atoms with Crippen molar-refractivity contribution in [2.75, 3.05) is 32.7 Å². The summed E-state index contributed by atoms with van der Waals surface area (Å²) in [7, 11) is 0. The van der Waals surface area contributed by atoms with Crippen molar-refractivity contribution in [3.63, 3.8) is 0 Å². The second-order valence-electron chi connectivity index (χ2n) is 7.36. The quantitative estimate of drug-likeness (QED) is 0.344. The maximum absolute atomic E-state index is 13.7. The van der Waals surface area contributed by atoms with Crippen LogP contribution in [0.5, 0.6) is 0 Å². The van der Waals surface area contributed by atoms with E-state index in [9.17, 15) is 8.78 Å². The van der Waals surface area contributed by atoms with Gasteiger partial charge in [-0.15, -0.1) is 24.0 Å². The number of hydrogen-bond donors (Lipinski definition) is 2. The average Bonchev–Trinajstić information content (AvgIpc) is 2.59. The summed E-state index contributed by atoms with van der Waals surface area (Å²) < 4.78 is 26.9. The van der Waals surface area contributed by atoms with E-state index in [1.165, 1.54) is 12.1 Å². The minimum Gasteiger partial charge on any atom is -0.357 e. The highest BCUT2D eigenvalue weighted by atomic mass is 127. The molecule has 2 rings (SSSR count). The Hall–Kier alpha value is -0.960. The van der Waals surface area contributed by atoms with E-state index in [1.54, 1.807) is 0 Å². The van der Waals surface area contributed by atoms with Crippen molar-refractivity contribution >= 4 is 29.9 Å². The zero-order valence-electron chi connectivity index (χ0n) is 16.6. The Labute approximate surface area is 179 Å². The van der Waals surface area contributed by atoms with Gasteiger partial charge < -0.3 is 15.5 Å². The predicted molar refractivity (Wildman–Crippen MR) is 119 cm³/mol. The summed E-state index contributed by atoms with van der Waals surface area (Å²) >= 11 is 0. The average molecular weight is 494 g/mol. The molecular weight excluding hydrogens is 461 g/mol. The number of piperidine rings is 1. The normalized spacial score (nSPS) is 16.3. The standard InChI is InChI=1S/C20H32F2N4.HI/c1-4-23-20(24-10-7-16-13-17(21)5-6-19(16)22)25-18-8-11-26(12-9-18)14-15(2)3;/h5-6,13,15,18H,4,7-12,14H2,1-3H3,(H2,23,24,25);1H. The fraction of sp³-hybridized carbons (Fsp3) is 0.650. The number of aliphatic imine (C=N–C) groups is 1. The summed E-state index contributed by atoms with van der Waals surface area (Å²) in [5.74, 6) is 0.661. The fourth-order valence-electron chi connectivity index (χ4n) is 3.31. The molecule has 0 unspecified atom stereocenters. The molecule has 1 aliphatic heterocycles. The maximum atomic E-state index is 13.7. The monoisotopic (exact) mass is 494 g/mol. The molecule has 1 aromatic rings. The van der Waals surface area contributed by atoms with E-state index in [0.717, 1.165) is 51.0 Å². The Kier molecular flexibility index (Phi) is 11.1. The number of hydrogen-bond acceptors (Lipinski definition) is 2. The number of likely N-dealkylation sites (tertiary alicyclic amines) is 1. The minimum absolute atomic E-state index is 0. The molecule has 4 nitrogen and oxygen atoms in total. The molecule has 0 spiro atoms. The highest BCUT2D eigenvalue weighted by Gasteiger charge is 2.20. The van der Waals surface area contributed by atoms with Gasteiger partial charge in [0.05, 0.1) is 0 Å². The van der Waals surface area contributed by atoms with E-state index in [2.05, 4.69) is 34.4 Å². The van der Waals surface area contributed by atoms with Crippen LogP contribution in [0.3, 0.4) is 0 Å². The molecule has 2 N–H and O–H groups in total. The number of halogens is 3. The van der Waals surface area contributed by atoms with Gasteiger partial charge in [-0.1, -0.05) is 13.8 Å². The molecule has 0 aromatic heterocycles. The molecule has 1 fully saturated rings. The predicted octanol–water partition coefficient (Wildman–Crippen LogP) is 3.80. The van der Waals surface area contributed by atoms with Gasteiger partial charge in [-0.05, 0) is 55.9 Å². The second kappa shape index (κ2) is 12.5. The molecule has 0 bridgehead atoms. The molecule has 0 saturated carbocycles. The summed E-state index contributed by atoms with van der Waals surface area (Å²) in [4.78, 5) is 7.05. The van der Waals surface area contributed by atoms with Crippen LogP contribution in [0.15, 0.2) is 23.2 Å². The third-order valence-electron chi connectivity index (χ3n) is 4.55. The van der Waals surface area contributed by atoms with E-state index in [4.69, 9.17) is 0 Å². The maximum Gasteiger partial charge on any atom is 0.191 e. The van der Waals surface area contributed by atoms with E-state index >= 15 is 0 Å². The van der Waals surface area contributed by atoms with E-state index in [1.807, 2.05) is 6.92 Å². The molecule has 0 amide bonds. The van der Waals surface area contributed by atoms with Crippen molar-refractivity contribution in [1.82, 2.24) is 15.5 Å². The van der Waals surface area contributed by atoms with Gasteiger partial charge in [0.1, 0.15) is 11.6 Å². The van der Waals surface area contributed by atoms with Gasteiger partial charge in [0.2, 0.25) is 0 Å². The largest absolute Gasteiger partial charge is 0.357 e. The van der Waals surface area contributed by atoms with Crippen LogP contribution in [-0.2, 0) is 6.42 Å². The van der Waals surface area contributed by atoms with Crippen molar-refractivity contribution in [1.29, 1.82) is 0 Å². The third-order valence-corrected chi connectivity index (χ3v) is 4.55.